The van der Waals surface area contributed by atoms with Crippen molar-refractivity contribution in [1.29, 1.82) is 0 Å². The SMILES string of the molecule is CC.CNC(Cc1cccc(C(F)(F)F)c1)C(C)=O. The summed E-state index contributed by atoms with van der Waals surface area (Å²) in [5.74, 6) is -0.0927. The molecule has 1 rings (SSSR count). The molecule has 0 amide bonds. The molecule has 1 aromatic rings. The number of carbonyl (C=O) groups excluding carboxylic acids is 1. The van der Waals surface area contributed by atoms with Gasteiger partial charge in [-0.3, -0.25) is 4.79 Å². The van der Waals surface area contributed by atoms with E-state index in [0.29, 0.717) is 5.56 Å². The van der Waals surface area contributed by atoms with E-state index in [-0.39, 0.29) is 12.2 Å². The maximum Gasteiger partial charge on any atom is 0.416 e. The van der Waals surface area contributed by atoms with E-state index in [9.17, 15) is 18.0 Å². The summed E-state index contributed by atoms with van der Waals surface area (Å²) in [5, 5.41) is 2.78. The lowest BCUT2D eigenvalue weighted by Gasteiger charge is -2.14. The van der Waals surface area contributed by atoms with Crippen LogP contribution in [-0.4, -0.2) is 18.9 Å². The van der Waals surface area contributed by atoms with Crippen LogP contribution in [0, 0.1) is 0 Å². The van der Waals surface area contributed by atoms with Gasteiger partial charge in [0, 0.05) is 0 Å². The lowest BCUT2D eigenvalue weighted by molar-refractivity contribution is -0.137. The number of likely N-dealkylation sites (N-methyl/N-ethyl adjacent to an activating group) is 1. The van der Waals surface area contributed by atoms with E-state index in [0.717, 1.165) is 12.1 Å². The van der Waals surface area contributed by atoms with E-state index < -0.39 is 17.8 Å². The fraction of sp³-hybridized carbons (Fsp3) is 0.500. The zero-order chi connectivity index (χ0) is 15.1. The van der Waals surface area contributed by atoms with Crippen LogP contribution in [0.25, 0.3) is 0 Å². The van der Waals surface area contributed by atoms with E-state index in [1.54, 1.807) is 13.1 Å². The second-order valence-corrected chi connectivity index (χ2v) is 3.85. The van der Waals surface area contributed by atoms with Crippen LogP contribution in [0.5, 0.6) is 0 Å². The first-order chi connectivity index (χ1) is 8.84. The van der Waals surface area contributed by atoms with Crippen molar-refractivity contribution in [3.8, 4) is 0 Å². The molecule has 0 bridgehead atoms. The molecule has 0 saturated carbocycles. The van der Waals surface area contributed by atoms with Gasteiger partial charge in [-0.1, -0.05) is 32.0 Å². The summed E-state index contributed by atoms with van der Waals surface area (Å²) in [4.78, 5) is 11.2. The third-order valence-electron chi connectivity index (χ3n) is 2.53. The van der Waals surface area contributed by atoms with Crippen molar-refractivity contribution in [3.63, 3.8) is 0 Å². The van der Waals surface area contributed by atoms with E-state index in [1.807, 2.05) is 13.8 Å². The number of rotatable bonds is 4. The molecule has 108 valence electrons. The van der Waals surface area contributed by atoms with Gasteiger partial charge in [0.25, 0.3) is 0 Å². The zero-order valence-corrected chi connectivity index (χ0v) is 11.6. The second kappa shape index (κ2) is 7.94. The summed E-state index contributed by atoms with van der Waals surface area (Å²) in [6.07, 6.45) is -4.09. The molecular weight excluding hydrogens is 255 g/mol. The molecule has 0 fully saturated rings. The number of benzene rings is 1. The van der Waals surface area contributed by atoms with Gasteiger partial charge in [0.2, 0.25) is 0 Å². The van der Waals surface area contributed by atoms with Crippen molar-refractivity contribution in [2.24, 2.45) is 0 Å². The monoisotopic (exact) mass is 275 g/mol. The highest BCUT2D eigenvalue weighted by Gasteiger charge is 2.30. The molecular formula is C14H20F3NO. The Kier molecular flexibility index (Phi) is 7.37. The minimum absolute atomic E-state index is 0.0927. The predicted octanol–water partition coefficient (Wildman–Crippen LogP) is 3.45. The average molecular weight is 275 g/mol. The van der Waals surface area contributed by atoms with Crippen LogP contribution >= 0.6 is 0 Å². The summed E-state index contributed by atoms with van der Waals surface area (Å²) in [6.45, 7) is 5.41. The second-order valence-electron chi connectivity index (χ2n) is 3.85. The van der Waals surface area contributed by atoms with Crippen LogP contribution in [-0.2, 0) is 17.4 Å². The summed E-state index contributed by atoms with van der Waals surface area (Å²) in [7, 11) is 1.61. The number of nitrogens with one attached hydrogen (secondary N) is 1. The lowest BCUT2D eigenvalue weighted by atomic mass is 10.0. The van der Waals surface area contributed by atoms with Crippen molar-refractivity contribution in [1.82, 2.24) is 5.32 Å². The molecule has 1 atom stereocenters. The number of carbonyl (C=O) groups is 1. The Labute approximate surface area is 112 Å². The molecule has 0 aliphatic carbocycles. The fourth-order valence-corrected chi connectivity index (χ4v) is 1.56. The first-order valence-corrected chi connectivity index (χ1v) is 6.18. The van der Waals surface area contributed by atoms with Crippen LogP contribution in [0.15, 0.2) is 24.3 Å². The number of ketones is 1. The minimum atomic E-state index is -4.35. The lowest BCUT2D eigenvalue weighted by Crippen LogP contribution is -2.34. The van der Waals surface area contributed by atoms with Gasteiger partial charge in [0.05, 0.1) is 11.6 Å². The molecule has 5 heteroatoms. The molecule has 1 N–H and O–H groups in total. The molecule has 0 saturated heterocycles. The van der Waals surface area contributed by atoms with Crippen LogP contribution < -0.4 is 5.32 Å². The molecule has 2 nitrogen and oxygen atoms in total. The Morgan fingerprint density at radius 1 is 1.32 bits per heavy atom. The highest BCUT2D eigenvalue weighted by molar-refractivity contribution is 5.81. The first-order valence-electron chi connectivity index (χ1n) is 6.18. The maximum absolute atomic E-state index is 12.5. The molecule has 0 aromatic heterocycles. The molecule has 0 aliphatic rings. The van der Waals surface area contributed by atoms with Gasteiger partial charge in [-0.15, -0.1) is 0 Å². The maximum atomic E-state index is 12.5. The van der Waals surface area contributed by atoms with Crippen molar-refractivity contribution in [2.75, 3.05) is 7.05 Å². The van der Waals surface area contributed by atoms with Crippen LogP contribution in [0.3, 0.4) is 0 Å². The smallest absolute Gasteiger partial charge is 0.310 e. The van der Waals surface area contributed by atoms with Gasteiger partial charge < -0.3 is 5.32 Å². The van der Waals surface area contributed by atoms with Crippen molar-refractivity contribution in [3.05, 3.63) is 35.4 Å². The fourth-order valence-electron chi connectivity index (χ4n) is 1.56. The van der Waals surface area contributed by atoms with E-state index >= 15 is 0 Å². The Morgan fingerprint density at radius 3 is 2.32 bits per heavy atom. The highest BCUT2D eigenvalue weighted by atomic mass is 19.4. The quantitative estimate of drug-likeness (QED) is 0.912. The van der Waals surface area contributed by atoms with Crippen molar-refractivity contribution >= 4 is 5.78 Å². The van der Waals surface area contributed by atoms with E-state index in [2.05, 4.69) is 5.32 Å². The van der Waals surface area contributed by atoms with Gasteiger partial charge >= 0.3 is 6.18 Å². The van der Waals surface area contributed by atoms with Gasteiger partial charge in [-0.25, -0.2) is 0 Å². The molecule has 0 heterocycles. The molecule has 0 aliphatic heterocycles. The van der Waals surface area contributed by atoms with Gasteiger partial charge in [0.1, 0.15) is 5.78 Å². The summed E-state index contributed by atoms with van der Waals surface area (Å²) < 4.78 is 37.4. The predicted molar refractivity (Wildman–Crippen MR) is 70.0 cm³/mol. The molecule has 0 spiro atoms. The Hall–Kier alpha value is -1.36. The number of hydrogen-bond acceptors (Lipinski definition) is 2. The molecule has 19 heavy (non-hydrogen) atoms. The normalized spacial score (nSPS) is 12.4. The number of Topliss-reactive ketones (excluding diaryl/α,β-unsaturated/α-hetero) is 1. The Morgan fingerprint density at radius 2 is 1.89 bits per heavy atom. The highest BCUT2D eigenvalue weighted by Crippen LogP contribution is 2.29. The summed E-state index contributed by atoms with van der Waals surface area (Å²) >= 11 is 0. The van der Waals surface area contributed by atoms with Crippen molar-refractivity contribution < 1.29 is 18.0 Å². The summed E-state index contributed by atoms with van der Waals surface area (Å²) in [5.41, 5.74) is -0.192. The van der Waals surface area contributed by atoms with Crippen molar-refractivity contribution in [2.45, 2.75) is 39.4 Å². The number of halogens is 3. The zero-order valence-electron chi connectivity index (χ0n) is 11.6. The van der Waals surface area contributed by atoms with Gasteiger partial charge in [0.15, 0.2) is 0 Å². The minimum Gasteiger partial charge on any atom is -0.310 e. The van der Waals surface area contributed by atoms with Crippen LogP contribution in [0.4, 0.5) is 13.2 Å². The van der Waals surface area contributed by atoms with Gasteiger partial charge in [-0.2, -0.15) is 13.2 Å². The third kappa shape index (κ3) is 5.87. The number of hydrogen-bond donors (Lipinski definition) is 1. The molecule has 1 aromatic carbocycles. The number of alkyl halides is 3. The van der Waals surface area contributed by atoms with Crippen LogP contribution in [0.1, 0.15) is 31.9 Å². The third-order valence-corrected chi connectivity index (χ3v) is 2.53. The average Bonchev–Trinajstić information content (AvgIpc) is 2.37. The Bertz CT molecular complexity index is 402. The Balaban J connectivity index is 0.00000154. The summed E-state index contributed by atoms with van der Waals surface area (Å²) in [6, 6.07) is 4.59. The molecule has 1 unspecified atom stereocenters. The van der Waals surface area contributed by atoms with E-state index in [1.165, 1.54) is 13.0 Å². The van der Waals surface area contributed by atoms with E-state index in [4.69, 9.17) is 0 Å². The van der Waals surface area contributed by atoms with Gasteiger partial charge in [-0.05, 0) is 32.0 Å². The molecule has 0 radical (unpaired) electrons. The largest absolute Gasteiger partial charge is 0.416 e. The topological polar surface area (TPSA) is 29.1 Å². The standard InChI is InChI=1S/C12H14F3NO.C2H6/c1-8(17)11(16-2)7-9-4-3-5-10(6-9)12(13,14)15;1-2/h3-6,11,16H,7H2,1-2H3;1-2H3. The van der Waals surface area contributed by atoms with Crippen LogP contribution in [0.2, 0.25) is 0 Å². The first kappa shape index (κ1) is 17.6.